The Kier molecular flexibility index (Phi) is 18.2. The molecular formula is C117H71N7S2. The van der Waals surface area contributed by atoms with Crippen molar-refractivity contribution in [1.29, 1.82) is 0 Å². The maximum Gasteiger partial charge on any atom is 0.182 e. The van der Waals surface area contributed by atoms with Crippen LogP contribution >= 0.6 is 22.7 Å². The summed E-state index contributed by atoms with van der Waals surface area (Å²) in [5, 5.41) is 22.8. The van der Waals surface area contributed by atoms with E-state index in [-0.39, 0.29) is 0 Å². The van der Waals surface area contributed by atoms with Gasteiger partial charge in [0.1, 0.15) is 5.69 Å². The molecule has 0 atom stereocenters. The predicted molar refractivity (Wildman–Crippen MR) is 531 cm³/mol. The summed E-state index contributed by atoms with van der Waals surface area (Å²) < 4.78 is 5.03. The summed E-state index contributed by atoms with van der Waals surface area (Å²) in [4.78, 5) is 34.9. The summed E-state index contributed by atoms with van der Waals surface area (Å²) in [6.07, 6.45) is 0. The number of pyridine rings is 1. The van der Waals surface area contributed by atoms with E-state index >= 15 is 0 Å². The molecule has 0 aliphatic heterocycles. The first-order chi connectivity index (χ1) is 62.4. The molecule has 0 saturated heterocycles. The topological polar surface area (TPSA) is 90.2 Å². The number of fused-ring (bicyclic) bond motifs is 19. The Morgan fingerprint density at radius 3 is 0.810 bits per heavy atom. The van der Waals surface area contributed by atoms with E-state index in [2.05, 4.69) is 297 Å². The number of nitrogens with zero attached hydrogens (tertiary/aromatic N) is 7. The van der Waals surface area contributed by atoms with Crippen molar-refractivity contribution in [2.75, 3.05) is 0 Å². The van der Waals surface area contributed by atoms with Gasteiger partial charge in [0.25, 0.3) is 0 Å². The molecule has 0 fully saturated rings. The van der Waals surface area contributed by atoms with Crippen molar-refractivity contribution in [2.24, 2.45) is 0 Å². The van der Waals surface area contributed by atoms with Crippen molar-refractivity contribution >= 4 is 138 Å². The first-order valence-electron chi connectivity index (χ1n) is 42.5. The van der Waals surface area contributed by atoms with E-state index in [1.54, 1.807) is 0 Å². The standard InChI is InChI=1S/C67H41N3S.C50H30N4S/c1-3-15-42(16-4-1)65-68-66(43-17-5-2-6-18-43)70-67(69-65)60-30-14-28-52-51(27-13-29-56(52)60)50-32-35-59-62-40-49(33-36-63(62)71-64(59)41-50)47-22-12-20-45(38-47)44-19-11-21-46(37-44)48-31-34-58-55-25-8-7-23-53(55)54-24-9-10-26-57(54)61(58)39-48;1-3-12-31(13-4-1)48-52-49(32-14-5-2-6-15-32)54-50(53-48)45-21-11-20-44(51-45)35-23-26-41-43-29-34(24-27-46(43)55-47(41)30-35)33-22-25-40-38-18-8-7-16-36(38)37-17-9-10-19-39(37)42(40)28-33/h1-41H;1-30H. The lowest BCUT2D eigenvalue weighted by molar-refractivity contribution is 1.06. The summed E-state index contributed by atoms with van der Waals surface area (Å²) in [5.41, 5.74) is 19.4. The second kappa shape index (κ2) is 31.1. The Hall–Kier alpha value is -16.2. The molecule has 7 nitrogen and oxygen atoms in total. The summed E-state index contributed by atoms with van der Waals surface area (Å²) >= 11 is 3.67. The highest BCUT2D eigenvalue weighted by Gasteiger charge is 2.22. The van der Waals surface area contributed by atoms with E-state index < -0.39 is 0 Å². The lowest BCUT2D eigenvalue weighted by atomic mass is 9.91. The molecule has 0 aliphatic carbocycles. The van der Waals surface area contributed by atoms with E-state index in [0.717, 1.165) is 49.8 Å². The fourth-order valence-corrected chi connectivity index (χ4v) is 20.8. The summed E-state index contributed by atoms with van der Waals surface area (Å²) in [6.45, 7) is 0. The highest BCUT2D eigenvalue weighted by atomic mass is 32.1. The molecule has 0 unspecified atom stereocenters. The van der Waals surface area contributed by atoms with Gasteiger partial charge in [0.2, 0.25) is 0 Å². The molecule has 20 aromatic carbocycles. The molecule has 5 aromatic heterocycles. The SMILES string of the molecule is c1ccc(-c2nc(-c3ccccc3)nc(-c3cccc(-c4ccc5c(c4)sc4ccc(-c6ccc7c8ccccc8c8ccccc8c7c6)cc45)n3)n2)cc1.c1ccc(-c2nc(-c3ccccc3)nc(-c3cccc4c(-c5ccc6c(c5)sc5ccc(-c7cccc(-c8cccc(-c9ccc%10c%11ccccc%11c%11ccccc%11c%10c9)c8)c7)cc56)cccc34)n2)cc1. The minimum atomic E-state index is 0.542. The quantitative estimate of drug-likeness (QED) is 0.113. The summed E-state index contributed by atoms with van der Waals surface area (Å²) in [6, 6.07) is 154. The average molecular weight is 1640 g/mol. The molecule has 9 heteroatoms. The smallest absolute Gasteiger partial charge is 0.182 e. The Bertz CT molecular complexity index is 8480. The van der Waals surface area contributed by atoms with Crippen LogP contribution in [0.1, 0.15) is 0 Å². The van der Waals surface area contributed by atoms with Crippen LogP contribution in [0.5, 0.6) is 0 Å². The third-order valence-electron chi connectivity index (χ3n) is 24.6. The third-order valence-corrected chi connectivity index (χ3v) is 26.9. The maximum absolute atomic E-state index is 5.11. The largest absolute Gasteiger partial charge is 0.244 e. The van der Waals surface area contributed by atoms with Crippen molar-refractivity contribution in [3.63, 3.8) is 0 Å². The molecule has 0 spiro atoms. The summed E-state index contributed by atoms with van der Waals surface area (Å²) in [5.74, 6) is 3.74. The molecule has 0 bridgehead atoms. The predicted octanol–water partition coefficient (Wildman–Crippen LogP) is 32.0. The minimum Gasteiger partial charge on any atom is -0.244 e. The Morgan fingerprint density at radius 1 is 0.119 bits per heavy atom. The number of rotatable bonds is 12. The fourth-order valence-electron chi connectivity index (χ4n) is 18.5. The van der Waals surface area contributed by atoms with Crippen LogP contribution in [-0.2, 0) is 0 Å². The molecule has 0 amide bonds. The average Bonchev–Trinajstić information content (AvgIpc) is 1.02. The number of benzene rings is 20. The first kappa shape index (κ1) is 73.7. The Balaban J connectivity index is 0.000000146. The third kappa shape index (κ3) is 13.3. The van der Waals surface area contributed by atoms with Gasteiger partial charge in [-0.2, -0.15) is 0 Å². The van der Waals surface area contributed by atoms with Crippen LogP contribution in [-0.4, -0.2) is 34.9 Å². The second-order valence-electron chi connectivity index (χ2n) is 32.1. The van der Waals surface area contributed by atoms with E-state index in [1.807, 2.05) is 156 Å². The van der Waals surface area contributed by atoms with Crippen LogP contribution in [0.15, 0.2) is 431 Å². The van der Waals surface area contributed by atoms with Crippen LogP contribution < -0.4 is 0 Å². The van der Waals surface area contributed by atoms with Gasteiger partial charge in [-0.05, 0) is 204 Å². The lowest BCUT2D eigenvalue weighted by Gasteiger charge is -2.13. The van der Waals surface area contributed by atoms with Crippen LogP contribution in [0, 0.1) is 0 Å². The fraction of sp³-hybridized carbons (Fsp3) is 0. The van der Waals surface area contributed by atoms with Gasteiger partial charge >= 0.3 is 0 Å². The molecule has 25 aromatic rings. The van der Waals surface area contributed by atoms with Crippen molar-refractivity contribution in [3.8, 4) is 135 Å². The monoisotopic (exact) mass is 1640 g/mol. The maximum atomic E-state index is 5.11. The molecule has 586 valence electrons. The number of hydrogen-bond donors (Lipinski definition) is 0. The van der Waals surface area contributed by atoms with Gasteiger partial charge in [0, 0.05) is 73.7 Å². The van der Waals surface area contributed by atoms with Crippen LogP contribution in [0.2, 0.25) is 0 Å². The number of aromatic nitrogens is 7. The zero-order chi connectivity index (χ0) is 83.1. The van der Waals surface area contributed by atoms with Crippen LogP contribution in [0.25, 0.3) is 251 Å². The molecule has 5 heterocycles. The zero-order valence-corrected chi connectivity index (χ0v) is 69.6. The highest BCUT2D eigenvalue weighted by Crippen LogP contribution is 2.46. The summed E-state index contributed by atoms with van der Waals surface area (Å²) in [7, 11) is 0. The van der Waals surface area contributed by atoms with Gasteiger partial charge in [0.15, 0.2) is 34.9 Å². The second-order valence-corrected chi connectivity index (χ2v) is 34.3. The molecule has 0 aliphatic rings. The normalized spacial score (nSPS) is 11.7. The van der Waals surface area contributed by atoms with Gasteiger partial charge in [-0.1, -0.05) is 358 Å². The van der Waals surface area contributed by atoms with Crippen molar-refractivity contribution in [1.82, 2.24) is 34.9 Å². The molecule has 0 saturated carbocycles. The van der Waals surface area contributed by atoms with E-state index in [1.165, 1.54) is 161 Å². The molecule has 126 heavy (non-hydrogen) atoms. The highest BCUT2D eigenvalue weighted by molar-refractivity contribution is 7.26. The van der Waals surface area contributed by atoms with Gasteiger partial charge in [-0.15, -0.1) is 22.7 Å². The van der Waals surface area contributed by atoms with E-state index in [9.17, 15) is 0 Å². The van der Waals surface area contributed by atoms with Crippen LogP contribution in [0.3, 0.4) is 0 Å². The van der Waals surface area contributed by atoms with E-state index in [0.29, 0.717) is 40.6 Å². The minimum absolute atomic E-state index is 0.542. The molecule has 0 N–H and O–H groups in total. The number of hydrogen-bond acceptors (Lipinski definition) is 9. The molecular weight excluding hydrogens is 1570 g/mol. The van der Waals surface area contributed by atoms with Gasteiger partial charge in [-0.25, -0.2) is 34.9 Å². The van der Waals surface area contributed by atoms with E-state index in [4.69, 9.17) is 34.9 Å². The van der Waals surface area contributed by atoms with Gasteiger partial charge < -0.3 is 0 Å². The lowest BCUT2D eigenvalue weighted by Crippen LogP contribution is -2.01. The van der Waals surface area contributed by atoms with Crippen molar-refractivity contribution < 1.29 is 0 Å². The van der Waals surface area contributed by atoms with Gasteiger partial charge in [0.05, 0.1) is 5.69 Å². The Morgan fingerprint density at radius 2 is 0.389 bits per heavy atom. The van der Waals surface area contributed by atoms with Crippen molar-refractivity contribution in [2.45, 2.75) is 0 Å². The molecule has 25 rings (SSSR count). The molecule has 0 radical (unpaired) electrons. The Labute approximate surface area is 733 Å². The van der Waals surface area contributed by atoms with Crippen LogP contribution in [0.4, 0.5) is 0 Å². The van der Waals surface area contributed by atoms with Crippen molar-refractivity contribution in [3.05, 3.63) is 431 Å². The number of thiophene rings is 2. The first-order valence-corrected chi connectivity index (χ1v) is 44.1. The van der Waals surface area contributed by atoms with Gasteiger partial charge in [-0.3, -0.25) is 0 Å². The zero-order valence-electron chi connectivity index (χ0n) is 67.9.